The second-order valence-corrected chi connectivity index (χ2v) is 6.26. The first kappa shape index (κ1) is 16.9. The number of hydrogen-bond donors (Lipinski definition) is 1. The summed E-state index contributed by atoms with van der Waals surface area (Å²) in [5, 5.41) is 16.0. The van der Waals surface area contributed by atoms with Gasteiger partial charge in [-0.1, -0.05) is 42.5 Å². The Balaban J connectivity index is 1.67. The molecular weight excluding hydrogens is 336 g/mol. The highest BCUT2D eigenvalue weighted by atomic mass is 32.1. The van der Waals surface area contributed by atoms with Crippen LogP contribution in [0.3, 0.4) is 0 Å². The molecule has 0 atom stereocenters. The fourth-order valence-electron chi connectivity index (χ4n) is 2.28. The van der Waals surface area contributed by atoms with Crippen molar-refractivity contribution in [2.24, 2.45) is 0 Å². The first-order valence-corrected chi connectivity index (χ1v) is 8.61. The molecule has 0 spiro atoms. The third kappa shape index (κ3) is 4.51. The number of nitrogens with one attached hydrogen (secondary N) is 1. The van der Waals surface area contributed by atoms with Crippen molar-refractivity contribution in [3.8, 4) is 21.8 Å². The Labute approximate surface area is 149 Å². The van der Waals surface area contributed by atoms with Gasteiger partial charge in [-0.2, -0.15) is 0 Å². The summed E-state index contributed by atoms with van der Waals surface area (Å²) in [5.41, 5.74) is 3.52. The van der Waals surface area contributed by atoms with Crippen LogP contribution in [0, 0.1) is 0 Å². The maximum Gasteiger partial charge on any atom is 0.224 e. The van der Waals surface area contributed by atoms with E-state index in [-0.39, 0.29) is 18.7 Å². The van der Waals surface area contributed by atoms with E-state index in [1.165, 1.54) is 0 Å². The van der Waals surface area contributed by atoms with Crippen LogP contribution in [0.5, 0.6) is 0 Å². The van der Waals surface area contributed by atoms with Crippen molar-refractivity contribution < 1.29 is 14.7 Å². The summed E-state index contributed by atoms with van der Waals surface area (Å²) in [7, 11) is 0. The standard InChI is InChI=1S/C19H16N2O3S/c22-17(10-11-18(23)24)20-15-8-6-13(7-9-15)16-12-25-19(21-16)14-4-2-1-3-5-14/h1-9,12H,10-11H2,(H,20,22)(H,23,24)/p-1. The van der Waals surface area contributed by atoms with Crippen LogP contribution in [-0.4, -0.2) is 16.9 Å². The van der Waals surface area contributed by atoms with E-state index in [9.17, 15) is 14.7 Å². The van der Waals surface area contributed by atoms with E-state index in [2.05, 4.69) is 10.3 Å². The Hall–Kier alpha value is -2.99. The molecule has 3 rings (SSSR count). The predicted molar refractivity (Wildman–Crippen MR) is 95.9 cm³/mol. The molecule has 126 valence electrons. The number of carbonyl (C=O) groups is 2. The lowest BCUT2D eigenvalue weighted by Gasteiger charge is -2.06. The normalized spacial score (nSPS) is 10.4. The number of carbonyl (C=O) groups excluding carboxylic acids is 2. The SMILES string of the molecule is O=C([O-])CCC(=O)Nc1ccc(-c2csc(-c3ccccc3)n2)cc1. The van der Waals surface area contributed by atoms with Gasteiger partial charge in [0.2, 0.25) is 5.91 Å². The number of amides is 1. The molecular formula is C19H15N2O3S-. The summed E-state index contributed by atoms with van der Waals surface area (Å²) >= 11 is 1.58. The summed E-state index contributed by atoms with van der Waals surface area (Å²) in [6.45, 7) is 0. The van der Waals surface area contributed by atoms with Crippen molar-refractivity contribution in [1.82, 2.24) is 4.98 Å². The fourth-order valence-corrected chi connectivity index (χ4v) is 3.12. The van der Waals surface area contributed by atoms with Crippen LogP contribution in [0.2, 0.25) is 0 Å². The lowest BCUT2D eigenvalue weighted by Crippen LogP contribution is -2.24. The van der Waals surface area contributed by atoms with E-state index < -0.39 is 5.97 Å². The third-order valence-corrected chi connectivity index (χ3v) is 4.44. The second kappa shape index (κ2) is 7.72. The van der Waals surface area contributed by atoms with E-state index in [0.29, 0.717) is 5.69 Å². The van der Waals surface area contributed by atoms with Gasteiger partial charge in [-0.15, -0.1) is 11.3 Å². The molecule has 5 nitrogen and oxygen atoms in total. The Kier molecular flexibility index (Phi) is 5.20. The Morgan fingerprint density at radius 1 is 0.960 bits per heavy atom. The van der Waals surface area contributed by atoms with Gasteiger partial charge in [-0.25, -0.2) is 4.98 Å². The van der Waals surface area contributed by atoms with Gasteiger partial charge in [0.15, 0.2) is 0 Å². The zero-order valence-electron chi connectivity index (χ0n) is 13.3. The highest BCUT2D eigenvalue weighted by Gasteiger charge is 2.07. The number of aromatic nitrogens is 1. The average molecular weight is 351 g/mol. The molecule has 1 heterocycles. The van der Waals surface area contributed by atoms with E-state index in [4.69, 9.17) is 0 Å². The number of carboxylic acids is 1. The second-order valence-electron chi connectivity index (χ2n) is 5.40. The van der Waals surface area contributed by atoms with Crippen molar-refractivity contribution >= 4 is 28.9 Å². The van der Waals surface area contributed by atoms with Crippen LogP contribution in [0.4, 0.5) is 5.69 Å². The van der Waals surface area contributed by atoms with E-state index >= 15 is 0 Å². The topological polar surface area (TPSA) is 82.1 Å². The summed E-state index contributed by atoms with van der Waals surface area (Å²) in [4.78, 5) is 26.6. The van der Waals surface area contributed by atoms with Crippen molar-refractivity contribution in [2.45, 2.75) is 12.8 Å². The maximum absolute atomic E-state index is 11.6. The Morgan fingerprint density at radius 3 is 2.36 bits per heavy atom. The molecule has 1 aromatic heterocycles. The number of aliphatic carboxylic acids is 1. The van der Waals surface area contributed by atoms with Gasteiger partial charge in [0.05, 0.1) is 5.69 Å². The molecule has 0 aliphatic carbocycles. The number of thiazole rings is 1. The third-order valence-electron chi connectivity index (χ3n) is 3.55. The monoisotopic (exact) mass is 351 g/mol. The van der Waals surface area contributed by atoms with E-state index in [1.807, 2.05) is 47.8 Å². The van der Waals surface area contributed by atoms with E-state index in [1.54, 1.807) is 23.5 Å². The molecule has 2 aromatic carbocycles. The van der Waals surface area contributed by atoms with Gasteiger partial charge in [0.25, 0.3) is 0 Å². The molecule has 25 heavy (non-hydrogen) atoms. The molecule has 3 aromatic rings. The van der Waals surface area contributed by atoms with Crippen LogP contribution < -0.4 is 10.4 Å². The first-order valence-electron chi connectivity index (χ1n) is 7.73. The van der Waals surface area contributed by atoms with Crippen LogP contribution in [0.1, 0.15) is 12.8 Å². The van der Waals surface area contributed by atoms with Gasteiger partial charge in [0.1, 0.15) is 5.01 Å². The van der Waals surface area contributed by atoms with Crippen molar-refractivity contribution in [3.63, 3.8) is 0 Å². The highest BCUT2D eigenvalue weighted by Crippen LogP contribution is 2.29. The molecule has 0 saturated heterocycles. The van der Waals surface area contributed by atoms with Gasteiger partial charge in [-0.3, -0.25) is 4.79 Å². The smallest absolute Gasteiger partial charge is 0.224 e. The quantitative estimate of drug-likeness (QED) is 0.740. The number of anilines is 1. The molecule has 0 unspecified atom stereocenters. The number of carboxylic acid groups (broad SMARTS) is 1. The number of hydrogen-bond acceptors (Lipinski definition) is 5. The molecule has 0 radical (unpaired) electrons. The predicted octanol–water partition coefficient (Wildman–Crippen LogP) is 2.95. The average Bonchev–Trinajstić information content (AvgIpc) is 3.11. The summed E-state index contributed by atoms with van der Waals surface area (Å²) in [6.07, 6.45) is -0.387. The molecule has 0 aliphatic rings. The highest BCUT2D eigenvalue weighted by molar-refractivity contribution is 7.13. The Bertz CT molecular complexity index is 873. The van der Waals surface area contributed by atoms with Gasteiger partial charge >= 0.3 is 0 Å². The summed E-state index contributed by atoms with van der Waals surface area (Å²) in [5.74, 6) is -1.58. The summed E-state index contributed by atoms with van der Waals surface area (Å²) in [6, 6.07) is 17.3. The zero-order chi connectivity index (χ0) is 17.6. The minimum absolute atomic E-state index is 0.101. The molecule has 1 amide bonds. The molecule has 0 saturated carbocycles. The van der Waals surface area contributed by atoms with Gasteiger partial charge in [-0.05, 0) is 18.6 Å². The molecule has 6 heteroatoms. The van der Waals surface area contributed by atoms with Gasteiger partial charge < -0.3 is 15.2 Å². The molecule has 0 aliphatic heterocycles. The molecule has 1 N–H and O–H groups in total. The van der Waals surface area contributed by atoms with Crippen LogP contribution in [-0.2, 0) is 9.59 Å². The minimum atomic E-state index is -1.23. The zero-order valence-corrected chi connectivity index (χ0v) is 14.1. The van der Waals surface area contributed by atoms with Crippen LogP contribution in [0.15, 0.2) is 60.0 Å². The number of rotatable bonds is 6. The Morgan fingerprint density at radius 2 is 1.68 bits per heavy atom. The maximum atomic E-state index is 11.6. The summed E-state index contributed by atoms with van der Waals surface area (Å²) < 4.78 is 0. The lowest BCUT2D eigenvalue weighted by molar-refractivity contribution is -0.305. The first-order chi connectivity index (χ1) is 12.1. The van der Waals surface area contributed by atoms with Crippen molar-refractivity contribution in [2.75, 3.05) is 5.32 Å². The number of nitrogens with zero attached hydrogens (tertiary/aromatic N) is 1. The minimum Gasteiger partial charge on any atom is -0.550 e. The van der Waals surface area contributed by atoms with Crippen molar-refractivity contribution in [1.29, 1.82) is 0 Å². The lowest BCUT2D eigenvalue weighted by atomic mass is 10.1. The fraction of sp³-hybridized carbons (Fsp3) is 0.105. The number of benzene rings is 2. The van der Waals surface area contributed by atoms with Crippen molar-refractivity contribution in [3.05, 3.63) is 60.0 Å². The molecule has 0 bridgehead atoms. The largest absolute Gasteiger partial charge is 0.550 e. The molecule has 0 fully saturated rings. The van der Waals surface area contributed by atoms with Crippen LogP contribution in [0.25, 0.3) is 21.8 Å². The van der Waals surface area contributed by atoms with E-state index in [0.717, 1.165) is 21.8 Å². The van der Waals surface area contributed by atoms with Gasteiger partial charge in [0, 0.05) is 34.6 Å². The van der Waals surface area contributed by atoms with Crippen LogP contribution >= 0.6 is 11.3 Å².